The highest BCUT2D eigenvalue weighted by Crippen LogP contribution is 2.71. The Morgan fingerprint density at radius 1 is 0.933 bits per heavy atom. The molecule has 18 heteroatoms. The minimum Gasteiger partial charge on any atom is -0.460 e. The SMILES string of the molecule is CC(C)(C)OC(=O)CC[C@H](CC(=O)CNC(=O)CBr)C(=O)Nc1cccc(Cc2ccc([C@@H]3O[C@@H]4C[C@H]5[C@@H]6CCC7=CC(=O)C=C[C@]7(C)[C@H]6[C@@H](O)C[C@]5(C)[C@]4(C(=O)COP(=O)(OC(C)(C)C)OC(C)(C)C)O3)cc2)c1. The molecule has 0 spiro atoms. The molecule has 4 fully saturated rings. The number of ether oxygens (including phenoxy) is 3. The number of rotatable bonds is 19. The number of fused-ring (bicyclic) bond motifs is 7. The van der Waals surface area contributed by atoms with Crippen LogP contribution in [0, 0.1) is 34.5 Å². The molecule has 3 N–H and O–H groups in total. The number of phosphoric ester groups is 1. The largest absolute Gasteiger partial charge is 0.476 e. The maximum absolute atomic E-state index is 15.3. The normalized spacial score (nSPS) is 28.8. The fourth-order valence-electron chi connectivity index (χ4n) is 12.3. The molecule has 75 heavy (non-hydrogen) atoms. The van der Waals surface area contributed by atoms with Gasteiger partial charge >= 0.3 is 13.8 Å². The van der Waals surface area contributed by atoms with E-state index in [1.165, 1.54) is 0 Å². The summed E-state index contributed by atoms with van der Waals surface area (Å²) >= 11 is 3.06. The number of halogens is 1. The number of anilines is 1. The molecule has 410 valence electrons. The molecule has 3 saturated carbocycles. The van der Waals surface area contributed by atoms with Crippen molar-refractivity contribution in [2.75, 3.05) is 23.8 Å². The molecule has 0 bridgehead atoms. The third-order valence-electron chi connectivity index (χ3n) is 15.2. The molecule has 16 nitrogen and oxygen atoms in total. The first-order valence-electron chi connectivity index (χ1n) is 26.1. The molecule has 10 atom stereocenters. The maximum Gasteiger partial charge on any atom is 0.476 e. The van der Waals surface area contributed by atoms with Crippen LogP contribution in [0.2, 0.25) is 0 Å². The van der Waals surface area contributed by atoms with E-state index in [1.54, 1.807) is 80.5 Å². The van der Waals surface area contributed by atoms with Gasteiger partial charge in [0.1, 0.15) is 12.2 Å². The molecule has 1 aliphatic heterocycles. The minimum atomic E-state index is -4.34. The highest BCUT2D eigenvalue weighted by atomic mass is 79.9. The number of alkyl halides is 1. The van der Waals surface area contributed by atoms with Crippen LogP contribution in [-0.2, 0) is 67.5 Å². The predicted octanol–water partition coefficient (Wildman–Crippen LogP) is 9.79. The number of carbonyl (C=O) groups excluding carboxylic acids is 6. The van der Waals surface area contributed by atoms with Gasteiger partial charge in [0.05, 0.1) is 35.3 Å². The van der Waals surface area contributed by atoms with Crippen LogP contribution in [0.4, 0.5) is 5.69 Å². The van der Waals surface area contributed by atoms with Gasteiger partial charge in [-0.1, -0.05) is 77.8 Å². The number of Topliss-reactive ketones (excluding diaryl/α,β-unsaturated/α-hetero) is 2. The van der Waals surface area contributed by atoms with E-state index in [0.717, 1.165) is 16.7 Å². The Kier molecular flexibility index (Phi) is 17.4. The number of allylic oxidation sites excluding steroid dienone is 4. The van der Waals surface area contributed by atoms with Crippen molar-refractivity contribution < 1.29 is 66.2 Å². The molecule has 5 aliphatic rings. The van der Waals surface area contributed by atoms with Crippen molar-refractivity contribution >= 4 is 64.6 Å². The number of aliphatic hydroxyl groups excluding tert-OH is 1. The van der Waals surface area contributed by atoms with E-state index in [1.807, 2.05) is 55.5 Å². The first-order chi connectivity index (χ1) is 34.9. The fourth-order valence-corrected chi connectivity index (χ4v) is 14.3. The second-order valence-corrected chi connectivity index (χ2v) is 26.5. The summed E-state index contributed by atoms with van der Waals surface area (Å²) in [6.07, 6.45) is 4.96. The Labute approximate surface area is 449 Å². The number of esters is 1. The van der Waals surface area contributed by atoms with Crippen LogP contribution >= 0.6 is 23.8 Å². The molecule has 4 aliphatic carbocycles. The lowest BCUT2D eigenvalue weighted by Crippen LogP contribution is -2.63. The predicted molar refractivity (Wildman–Crippen MR) is 284 cm³/mol. The number of carbonyl (C=O) groups is 6. The Bertz CT molecular complexity index is 2610. The van der Waals surface area contributed by atoms with E-state index in [-0.39, 0.29) is 72.8 Å². The highest BCUT2D eigenvalue weighted by Gasteiger charge is 2.76. The van der Waals surface area contributed by atoms with E-state index >= 15 is 4.79 Å². The topological polar surface area (TPSA) is 219 Å². The quantitative estimate of drug-likeness (QED) is 0.0678. The molecule has 2 aromatic carbocycles. The molecule has 0 radical (unpaired) electrons. The van der Waals surface area contributed by atoms with Crippen LogP contribution in [0.1, 0.15) is 144 Å². The van der Waals surface area contributed by atoms with Gasteiger partial charge in [0.25, 0.3) is 0 Å². The summed E-state index contributed by atoms with van der Waals surface area (Å²) < 4.78 is 51.5. The van der Waals surface area contributed by atoms with Gasteiger partial charge in [0, 0.05) is 46.8 Å². The van der Waals surface area contributed by atoms with Crippen molar-refractivity contribution in [1.82, 2.24) is 5.32 Å². The lowest BCUT2D eigenvalue weighted by atomic mass is 9.46. The van der Waals surface area contributed by atoms with E-state index < -0.39 is 89.7 Å². The van der Waals surface area contributed by atoms with Gasteiger partial charge in [-0.05, 0) is 148 Å². The third kappa shape index (κ3) is 13.4. The van der Waals surface area contributed by atoms with E-state index in [2.05, 4.69) is 33.5 Å². The molecule has 2 amide bonds. The smallest absolute Gasteiger partial charge is 0.460 e. The number of benzene rings is 2. The number of hydrogen-bond acceptors (Lipinski definition) is 14. The molecule has 7 rings (SSSR count). The summed E-state index contributed by atoms with van der Waals surface area (Å²) in [5, 5.41) is 17.8. The van der Waals surface area contributed by atoms with Gasteiger partial charge in [-0.15, -0.1) is 0 Å². The zero-order chi connectivity index (χ0) is 55.1. The van der Waals surface area contributed by atoms with Gasteiger partial charge in [-0.3, -0.25) is 42.3 Å². The van der Waals surface area contributed by atoms with Gasteiger partial charge in [-0.25, -0.2) is 4.57 Å². The number of ketones is 3. The van der Waals surface area contributed by atoms with Crippen LogP contribution in [0.5, 0.6) is 0 Å². The van der Waals surface area contributed by atoms with Crippen LogP contribution in [0.3, 0.4) is 0 Å². The Morgan fingerprint density at radius 2 is 1.61 bits per heavy atom. The maximum atomic E-state index is 15.3. The Balaban J connectivity index is 1.10. The summed E-state index contributed by atoms with van der Waals surface area (Å²) in [5.41, 5.74) is -1.79. The highest BCUT2D eigenvalue weighted by molar-refractivity contribution is 9.09. The first-order valence-corrected chi connectivity index (χ1v) is 28.6. The molecule has 1 saturated heterocycles. The van der Waals surface area contributed by atoms with Crippen LogP contribution in [-0.4, -0.2) is 93.3 Å². The standard InChI is InChI=1S/C57H76BrN2O14P/c1-52(2,3)71-48(66)22-19-37(27-41(62)32-59-47(65)31-58)50(67)60-39-14-12-13-35(26-39)25-34-15-17-36(18-16-34)51-70-46-29-43-42-21-20-38-28-40(61)23-24-55(38,10)49(42)44(63)30-56(43,11)57(46,72-51)45(64)33-69-75(68,73-53(4,5)6)74-54(7,8)9/h12-18,23-24,26,28,37,42-44,46,49,51,63H,19-22,25,27,29-33H2,1-11H3,(H,59,65)(H,60,67)/t37-,42+,43+,44+,46-,49-,51-,55+,56+,57-/m1/s1. The van der Waals surface area contributed by atoms with Crippen molar-refractivity contribution in [3.8, 4) is 0 Å². The summed E-state index contributed by atoms with van der Waals surface area (Å²) in [5.74, 6) is -3.45. The van der Waals surface area contributed by atoms with Gasteiger partial charge in [-0.2, -0.15) is 0 Å². The summed E-state index contributed by atoms with van der Waals surface area (Å²) in [6.45, 7) is 18.8. The first kappa shape index (κ1) is 58.5. The second kappa shape index (κ2) is 22.3. The molecule has 2 aromatic rings. The van der Waals surface area contributed by atoms with Crippen molar-refractivity contribution in [2.45, 2.75) is 168 Å². The molecular formula is C57H76BrN2O14P. The van der Waals surface area contributed by atoms with Crippen molar-refractivity contribution in [3.05, 3.63) is 89.0 Å². The van der Waals surface area contributed by atoms with Crippen LogP contribution in [0.15, 0.2) is 72.3 Å². The minimum absolute atomic E-state index is 0.0277. The second-order valence-electron chi connectivity index (χ2n) is 24.4. The monoisotopic (exact) mass is 1120 g/mol. The number of aliphatic hydroxyl groups is 1. The summed E-state index contributed by atoms with van der Waals surface area (Å²) in [7, 11) is -4.34. The number of amides is 2. The molecule has 0 unspecified atom stereocenters. The third-order valence-corrected chi connectivity index (χ3v) is 17.7. The molecule has 0 aromatic heterocycles. The summed E-state index contributed by atoms with van der Waals surface area (Å²) in [6, 6.07) is 15.0. The zero-order valence-electron chi connectivity index (χ0n) is 45.3. The van der Waals surface area contributed by atoms with Crippen molar-refractivity contribution in [3.63, 3.8) is 0 Å². The van der Waals surface area contributed by atoms with Gasteiger partial charge in [0.2, 0.25) is 11.8 Å². The van der Waals surface area contributed by atoms with Crippen molar-refractivity contribution in [1.29, 1.82) is 0 Å². The number of phosphoric acid groups is 1. The Morgan fingerprint density at radius 3 is 2.25 bits per heavy atom. The van der Waals surface area contributed by atoms with E-state index in [4.69, 9.17) is 27.8 Å². The fraction of sp³-hybridized carbons (Fsp3) is 0.614. The van der Waals surface area contributed by atoms with Crippen LogP contribution in [0.25, 0.3) is 0 Å². The van der Waals surface area contributed by atoms with Crippen molar-refractivity contribution in [2.24, 2.45) is 34.5 Å². The summed E-state index contributed by atoms with van der Waals surface area (Å²) in [4.78, 5) is 78.8. The average Bonchev–Trinajstić information content (AvgIpc) is 3.80. The zero-order valence-corrected chi connectivity index (χ0v) is 47.7. The van der Waals surface area contributed by atoms with E-state index in [9.17, 15) is 33.6 Å². The lowest BCUT2D eigenvalue weighted by Gasteiger charge is -2.59. The average molecular weight is 1120 g/mol. The Hall–Kier alpha value is -4.19. The number of nitrogens with one attached hydrogen (secondary N) is 2. The number of hydrogen-bond donors (Lipinski definition) is 3. The van der Waals surface area contributed by atoms with Gasteiger partial charge < -0.3 is 30.0 Å². The van der Waals surface area contributed by atoms with Crippen LogP contribution < -0.4 is 10.6 Å². The van der Waals surface area contributed by atoms with Gasteiger partial charge in [0.15, 0.2) is 29.2 Å². The lowest BCUT2D eigenvalue weighted by molar-refractivity contribution is -0.201. The molecule has 1 heterocycles. The van der Waals surface area contributed by atoms with E-state index in [0.29, 0.717) is 36.9 Å². The molecular weight excluding hydrogens is 1050 g/mol.